The Morgan fingerprint density at radius 1 is 1.32 bits per heavy atom. The minimum atomic E-state index is -0.241. The fourth-order valence-electron chi connectivity index (χ4n) is 1.98. The summed E-state index contributed by atoms with van der Waals surface area (Å²) < 4.78 is 5.40. The summed E-state index contributed by atoms with van der Waals surface area (Å²) in [6, 6.07) is 8.45. The summed E-state index contributed by atoms with van der Waals surface area (Å²) in [4.78, 5) is 14.2. The van der Waals surface area contributed by atoms with Crippen molar-refractivity contribution in [3.63, 3.8) is 0 Å². The number of amides is 1. The summed E-state index contributed by atoms with van der Waals surface area (Å²) >= 11 is 11.9. The molecule has 1 N–H and O–H groups in total. The van der Waals surface area contributed by atoms with Gasteiger partial charge in [0.05, 0.1) is 22.9 Å². The van der Waals surface area contributed by atoms with Crippen LogP contribution in [0.3, 0.4) is 0 Å². The van der Waals surface area contributed by atoms with Crippen LogP contribution in [-0.2, 0) is 0 Å². The highest BCUT2D eigenvalue weighted by atomic mass is 35.5. The van der Waals surface area contributed by atoms with E-state index in [9.17, 15) is 4.79 Å². The Morgan fingerprint density at radius 2 is 2.05 bits per heavy atom. The van der Waals surface area contributed by atoms with Gasteiger partial charge >= 0.3 is 0 Å². The van der Waals surface area contributed by atoms with Crippen LogP contribution in [0.4, 0.5) is 0 Å². The molecule has 0 aliphatic rings. The van der Waals surface area contributed by atoms with Gasteiger partial charge in [-0.2, -0.15) is 0 Å². The molecule has 1 heterocycles. The number of carbonyl (C=O) groups excluding carboxylic acids is 1. The average Bonchev–Trinajstić information content (AvgIpc) is 2.92. The van der Waals surface area contributed by atoms with E-state index in [1.165, 1.54) is 0 Å². The second kappa shape index (κ2) is 8.44. The fourth-order valence-corrected chi connectivity index (χ4v) is 2.47. The van der Waals surface area contributed by atoms with E-state index in [0.29, 0.717) is 22.2 Å². The number of hydrogen-bond acceptors (Lipinski definition) is 3. The van der Waals surface area contributed by atoms with Gasteiger partial charge in [-0.3, -0.25) is 9.69 Å². The van der Waals surface area contributed by atoms with Gasteiger partial charge in [0.25, 0.3) is 5.91 Å². The summed E-state index contributed by atoms with van der Waals surface area (Å²) in [5.74, 6) is 0.553. The van der Waals surface area contributed by atoms with Crippen molar-refractivity contribution in [2.24, 2.45) is 0 Å². The number of rotatable bonds is 5. The van der Waals surface area contributed by atoms with Crippen molar-refractivity contribution in [2.45, 2.75) is 6.04 Å². The Kier molecular flexibility index (Phi) is 7.23. The van der Waals surface area contributed by atoms with Crippen LogP contribution in [0, 0.1) is 0 Å². The summed E-state index contributed by atoms with van der Waals surface area (Å²) in [6.07, 6.45) is 1.61. The van der Waals surface area contributed by atoms with E-state index in [1.807, 2.05) is 31.1 Å². The highest BCUT2D eigenvalue weighted by molar-refractivity contribution is 6.36. The molecule has 0 radical (unpaired) electrons. The van der Waals surface area contributed by atoms with E-state index in [1.54, 1.807) is 24.5 Å². The number of carbonyl (C=O) groups is 1. The Morgan fingerprint density at radius 3 is 2.59 bits per heavy atom. The van der Waals surface area contributed by atoms with Crippen LogP contribution in [0.25, 0.3) is 0 Å². The first-order valence-corrected chi connectivity index (χ1v) is 7.17. The van der Waals surface area contributed by atoms with Gasteiger partial charge in [-0.05, 0) is 44.4 Å². The van der Waals surface area contributed by atoms with Gasteiger partial charge in [0.15, 0.2) is 0 Å². The molecule has 1 aromatic heterocycles. The Labute approximate surface area is 145 Å². The maximum atomic E-state index is 12.2. The van der Waals surface area contributed by atoms with Crippen LogP contribution in [0.15, 0.2) is 41.0 Å². The molecule has 0 fully saturated rings. The molecule has 0 aliphatic carbocycles. The molecule has 22 heavy (non-hydrogen) atoms. The van der Waals surface area contributed by atoms with E-state index in [2.05, 4.69) is 5.32 Å². The standard InChI is InChI=1S/C15H16Cl2N2O2.ClH/c1-19(2)13(14-4-3-7-21-14)9-18-15(20)11-6-5-10(16)8-12(11)17;/h3-8,13H,9H2,1-2H3,(H,18,20);1H. The van der Waals surface area contributed by atoms with Crippen molar-refractivity contribution in [3.8, 4) is 0 Å². The van der Waals surface area contributed by atoms with Crippen LogP contribution < -0.4 is 5.32 Å². The van der Waals surface area contributed by atoms with Gasteiger partial charge in [-0.25, -0.2) is 0 Å². The summed E-state index contributed by atoms with van der Waals surface area (Å²) in [5.41, 5.74) is 0.401. The molecule has 0 bridgehead atoms. The van der Waals surface area contributed by atoms with Gasteiger partial charge in [0.2, 0.25) is 0 Å². The highest BCUT2D eigenvalue weighted by Crippen LogP contribution is 2.22. The molecule has 2 rings (SSSR count). The largest absolute Gasteiger partial charge is 0.468 e. The molecule has 1 unspecified atom stereocenters. The molecule has 1 amide bonds. The third kappa shape index (κ3) is 4.65. The predicted octanol–water partition coefficient (Wildman–Crippen LogP) is 4.04. The van der Waals surface area contributed by atoms with Gasteiger partial charge in [0.1, 0.15) is 5.76 Å². The van der Waals surface area contributed by atoms with Crippen molar-refractivity contribution in [2.75, 3.05) is 20.6 Å². The van der Waals surface area contributed by atoms with Gasteiger partial charge in [0, 0.05) is 11.6 Å². The second-order valence-corrected chi connectivity index (χ2v) is 5.67. The lowest BCUT2D eigenvalue weighted by Crippen LogP contribution is -2.34. The van der Waals surface area contributed by atoms with E-state index < -0.39 is 0 Å². The molecule has 1 aromatic carbocycles. The van der Waals surface area contributed by atoms with Crippen molar-refractivity contribution in [3.05, 3.63) is 58.0 Å². The molecular formula is C15H17Cl3N2O2. The number of likely N-dealkylation sites (N-methyl/N-ethyl adjacent to an activating group) is 1. The fraction of sp³-hybridized carbons (Fsp3) is 0.267. The van der Waals surface area contributed by atoms with E-state index in [0.717, 1.165) is 5.76 Å². The lowest BCUT2D eigenvalue weighted by atomic mass is 10.1. The summed E-state index contributed by atoms with van der Waals surface area (Å²) in [7, 11) is 3.85. The Hall–Kier alpha value is -1.20. The van der Waals surface area contributed by atoms with E-state index in [-0.39, 0.29) is 24.4 Å². The zero-order valence-corrected chi connectivity index (χ0v) is 14.5. The lowest BCUT2D eigenvalue weighted by Gasteiger charge is -2.22. The maximum absolute atomic E-state index is 12.2. The highest BCUT2D eigenvalue weighted by Gasteiger charge is 2.19. The molecule has 7 heteroatoms. The number of nitrogens with zero attached hydrogens (tertiary/aromatic N) is 1. The first-order valence-electron chi connectivity index (χ1n) is 6.42. The van der Waals surface area contributed by atoms with Gasteiger partial charge in [-0.1, -0.05) is 23.2 Å². The minimum Gasteiger partial charge on any atom is -0.468 e. The smallest absolute Gasteiger partial charge is 0.252 e. The molecule has 4 nitrogen and oxygen atoms in total. The topological polar surface area (TPSA) is 45.5 Å². The third-order valence-corrected chi connectivity index (χ3v) is 3.67. The second-order valence-electron chi connectivity index (χ2n) is 4.83. The van der Waals surface area contributed by atoms with Crippen molar-refractivity contribution >= 4 is 41.5 Å². The van der Waals surface area contributed by atoms with E-state index in [4.69, 9.17) is 27.6 Å². The third-order valence-electron chi connectivity index (χ3n) is 3.13. The molecule has 0 spiro atoms. The predicted molar refractivity (Wildman–Crippen MR) is 91.2 cm³/mol. The van der Waals surface area contributed by atoms with Crippen LogP contribution in [0.1, 0.15) is 22.2 Å². The summed E-state index contributed by atoms with van der Waals surface area (Å²) in [5, 5.41) is 3.69. The maximum Gasteiger partial charge on any atom is 0.252 e. The first kappa shape index (κ1) is 18.8. The SMILES string of the molecule is CN(C)C(CNC(=O)c1ccc(Cl)cc1Cl)c1ccco1.Cl. The normalized spacial score (nSPS) is 11.9. The number of nitrogens with one attached hydrogen (secondary N) is 1. The zero-order chi connectivity index (χ0) is 15.4. The Balaban J connectivity index is 0.00000242. The van der Waals surface area contributed by atoms with Crippen molar-refractivity contribution < 1.29 is 9.21 Å². The molecule has 2 aromatic rings. The molecule has 120 valence electrons. The average molecular weight is 364 g/mol. The monoisotopic (exact) mass is 362 g/mol. The van der Waals surface area contributed by atoms with E-state index >= 15 is 0 Å². The first-order chi connectivity index (χ1) is 9.99. The number of benzene rings is 1. The van der Waals surface area contributed by atoms with Crippen LogP contribution in [0.5, 0.6) is 0 Å². The number of halogens is 3. The van der Waals surface area contributed by atoms with Crippen LogP contribution >= 0.6 is 35.6 Å². The minimum absolute atomic E-state index is 0. The van der Waals surface area contributed by atoms with Gasteiger partial charge in [-0.15, -0.1) is 12.4 Å². The molecule has 0 saturated carbocycles. The van der Waals surface area contributed by atoms with Crippen molar-refractivity contribution in [1.82, 2.24) is 10.2 Å². The summed E-state index contributed by atoms with van der Waals surface area (Å²) in [6.45, 7) is 0.415. The van der Waals surface area contributed by atoms with Gasteiger partial charge < -0.3 is 9.73 Å². The molecule has 1 atom stereocenters. The molecular weight excluding hydrogens is 347 g/mol. The van der Waals surface area contributed by atoms with Crippen molar-refractivity contribution in [1.29, 1.82) is 0 Å². The zero-order valence-electron chi connectivity index (χ0n) is 12.2. The Bertz CT molecular complexity index is 615. The lowest BCUT2D eigenvalue weighted by molar-refractivity contribution is 0.0939. The number of furan rings is 1. The molecule has 0 saturated heterocycles. The number of hydrogen-bond donors (Lipinski definition) is 1. The van der Waals surface area contributed by atoms with Crippen LogP contribution in [-0.4, -0.2) is 31.4 Å². The quantitative estimate of drug-likeness (QED) is 0.872. The van der Waals surface area contributed by atoms with Crippen LogP contribution in [0.2, 0.25) is 10.0 Å². The molecule has 0 aliphatic heterocycles.